The quantitative estimate of drug-likeness (QED) is 0.224. The molecule has 0 unspecified atom stereocenters. The Morgan fingerprint density at radius 2 is 1.87 bits per heavy atom. The van der Waals surface area contributed by atoms with E-state index in [1.807, 2.05) is 43.5 Å². The third-order valence-corrected chi connectivity index (χ3v) is 9.12. The zero-order valence-corrected chi connectivity index (χ0v) is 22.6. The lowest BCUT2D eigenvalue weighted by Crippen LogP contribution is -2.44. The molecule has 4 aromatic rings. The summed E-state index contributed by atoms with van der Waals surface area (Å²) < 4.78 is 39.5. The van der Waals surface area contributed by atoms with Crippen LogP contribution in [-0.2, 0) is 16.6 Å². The number of nitrogens with zero attached hydrogens (tertiary/aromatic N) is 3. The summed E-state index contributed by atoms with van der Waals surface area (Å²) in [4.78, 5) is 25.5. The number of carbonyl (C=O) groups is 1. The molecule has 1 fully saturated rings. The smallest absolute Gasteiger partial charge is 0.433 e. The first kappa shape index (κ1) is 27.2. The summed E-state index contributed by atoms with van der Waals surface area (Å²) in [6, 6.07) is 10.2. The topological polar surface area (TPSA) is 108 Å². The van der Waals surface area contributed by atoms with E-state index in [2.05, 4.69) is 20.3 Å². The first-order valence-corrected chi connectivity index (χ1v) is 13.8. The first-order valence-electron chi connectivity index (χ1n) is 12.1. The van der Waals surface area contributed by atoms with Crippen molar-refractivity contribution in [3.8, 4) is 20.9 Å². The molecule has 7 nitrogen and oxygen atoms in total. The third kappa shape index (κ3) is 5.68. The van der Waals surface area contributed by atoms with Crippen LogP contribution in [0.5, 0.6) is 0 Å². The molecule has 3 N–H and O–H groups in total. The first-order chi connectivity index (χ1) is 18.3. The molecule has 39 heavy (non-hydrogen) atoms. The van der Waals surface area contributed by atoms with Gasteiger partial charge in [0.15, 0.2) is 0 Å². The van der Waals surface area contributed by atoms with Crippen LogP contribution in [0.15, 0.2) is 54.2 Å². The van der Waals surface area contributed by atoms with Crippen molar-refractivity contribution < 1.29 is 28.2 Å². The van der Waals surface area contributed by atoms with E-state index in [1.165, 1.54) is 22.7 Å². The molecule has 1 saturated carbocycles. The zero-order valence-electron chi connectivity index (χ0n) is 21.0. The largest absolute Gasteiger partial charge is 0.481 e. The van der Waals surface area contributed by atoms with Crippen LogP contribution in [0, 0.1) is 11.3 Å². The number of aliphatic carboxylic acids is 1. The Labute approximate surface area is 230 Å². The van der Waals surface area contributed by atoms with Crippen molar-refractivity contribution in [2.75, 3.05) is 5.32 Å². The third-order valence-electron chi connectivity index (χ3n) is 6.97. The number of carboxylic acid groups (broad SMARTS) is 1. The van der Waals surface area contributed by atoms with Crippen molar-refractivity contribution in [1.82, 2.24) is 15.0 Å². The standard InChI is InChI=1S/C27H25F3N4O3S2/c1-25(2)14-26(37,7-5-18(25)22(35)36)23-32-13-20(39-23)16-10-15(19-4-3-9-38-19)11-17(12-16)33-24-31-8-6-21(34-24)27(28,29)30/h3-4,6,8-13,18,37H,5,7,14H2,1-2H3,(H,35,36)(H,31,33,34)/t18-,26-/m1/s1. The Kier molecular flexibility index (Phi) is 6.98. The molecule has 0 radical (unpaired) electrons. The van der Waals surface area contributed by atoms with E-state index in [4.69, 9.17) is 0 Å². The van der Waals surface area contributed by atoms with Gasteiger partial charge in [0.2, 0.25) is 5.95 Å². The van der Waals surface area contributed by atoms with Gasteiger partial charge in [-0.1, -0.05) is 19.9 Å². The van der Waals surface area contributed by atoms with Crippen LogP contribution in [0.1, 0.15) is 43.8 Å². The molecule has 0 bridgehead atoms. The van der Waals surface area contributed by atoms with Gasteiger partial charge in [0.05, 0.1) is 10.8 Å². The molecular weight excluding hydrogens is 549 g/mol. The van der Waals surface area contributed by atoms with E-state index >= 15 is 0 Å². The van der Waals surface area contributed by atoms with Gasteiger partial charge in [-0.05, 0) is 71.5 Å². The second-order valence-electron chi connectivity index (χ2n) is 10.3. The van der Waals surface area contributed by atoms with Crippen LogP contribution < -0.4 is 5.32 Å². The Morgan fingerprint density at radius 3 is 2.51 bits per heavy atom. The lowest BCUT2D eigenvalue weighted by Gasteiger charge is -2.44. The van der Waals surface area contributed by atoms with Crippen LogP contribution in [0.4, 0.5) is 24.8 Å². The van der Waals surface area contributed by atoms with E-state index in [9.17, 15) is 28.2 Å². The minimum absolute atomic E-state index is 0.184. The van der Waals surface area contributed by atoms with Crippen molar-refractivity contribution >= 4 is 40.3 Å². The van der Waals surface area contributed by atoms with Gasteiger partial charge in [0.1, 0.15) is 16.3 Å². The number of halogens is 3. The van der Waals surface area contributed by atoms with E-state index in [1.54, 1.807) is 12.3 Å². The number of aliphatic hydroxyl groups is 1. The molecule has 3 heterocycles. The number of alkyl halides is 3. The molecule has 5 rings (SSSR count). The number of hydrogen-bond acceptors (Lipinski definition) is 8. The predicted octanol–water partition coefficient (Wildman–Crippen LogP) is 7.19. The zero-order chi connectivity index (χ0) is 28.0. The lowest BCUT2D eigenvalue weighted by atomic mass is 9.63. The molecule has 204 valence electrons. The molecule has 0 saturated heterocycles. The van der Waals surface area contributed by atoms with Gasteiger partial charge >= 0.3 is 12.1 Å². The SMILES string of the molecule is CC1(C)C[C@@](O)(c2ncc(-c3cc(Nc4nccc(C(F)(F)F)n4)cc(-c4cccs4)c3)s2)CC[C@@H]1C(=O)O. The molecule has 0 spiro atoms. The van der Waals surface area contributed by atoms with Crippen molar-refractivity contribution in [3.05, 3.63) is 64.9 Å². The summed E-state index contributed by atoms with van der Waals surface area (Å²) in [5.41, 5.74) is -0.833. The summed E-state index contributed by atoms with van der Waals surface area (Å²) in [5.74, 6) is -1.60. The normalized spacial score (nSPS) is 21.0. The Hall–Kier alpha value is -3.35. The average molecular weight is 575 g/mol. The fraction of sp³-hybridized carbons (Fsp3) is 0.333. The van der Waals surface area contributed by atoms with Gasteiger partial charge in [-0.15, -0.1) is 22.7 Å². The van der Waals surface area contributed by atoms with Crippen molar-refractivity contribution in [2.45, 2.75) is 44.9 Å². The highest BCUT2D eigenvalue weighted by Crippen LogP contribution is 2.51. The molecule has 1 aliphatic rings. The summed E-state index contributed by atoms with van der Waals surface area (Å²) in [5, 5.41) is 26.4. The van der Waals surface area contributed by atoms with Crippen molar-refractivity contribution in [3.63, 3.8) is 0 Å². The molecule has 2 atom stereocenters. The van der Waals surface area contributed by atoms with Gasteiger partial charge in [-0.25, -0.2) is 15.0 Å². The number of rotatable bonds is 6. The average Bonchev–Trinajstić information content (AvgIpc) is 3.56. The number of carboxylic acids is 1. The molecule has 12 heteroatoms. The number of benzene rings is 1. The minimum atomic E-state index is -4.60. The van der Waals surface area contributed by atoms with E-state index < -0.39 is 34.8 Å². The minimum Gasteiger partial charge on any atom is -0.481 e. The van der Waals surface area contributed by atoms with E-state index in [-0.39, 0.29) is 18.8 Å². The second kappa shape index (κ2) is 10.00. The van der Waals surface area contributed by atoms with Crippen LogP contribution in [0.25, 0.3) is 20.9 Å². The maximum absolute atomic E-state index is 13.2. The summed E-state index contributed by atoms with van der Waals surface area (Å²) in [7, 11) is 0. The molecule has 1 aliphatic carbocycles. The van der Waals surface area contributed by atoms with Gasteiger partial charge in [-0.3, -0.25) is 4.79 Å². The molecule has 0 aliphatic heterocycles. The summed E-state index contributed by atoms with van der Waals surface area (Å²) in [6.45, 7) is 3.70. The van der Waals surface area contributed by atoms with E-state index in [0.29, 0.717) is 17.1 Å². The van der Waals surface area contributed by atoms with Crippen molar-refractivity contribution in [2.24, 2.45) is 11.3 Å². The van der Waals surface area contributed by atoms with Gasteiger partial charge < -0.3 is 15.5 Å². The number of thiophene rings is 1. The predicted molar refractivity (Wildman–Crippen MR) is 144 cm³/mol. The highest BCUT2D eigenvalue weighted by Gasteiger charge is 2.49. The van der Waals surface area contributed by atoms with Crippen LogP contribution >= 0.6 is 22.7 Å². The molecule has 3 aromatic heterocycles. The number of aromatic nitrogens is 3. The van der Waals surface area contributed by atoms with Gasteiger partial charge in [0.25, 0.3) is 0 Å². The number of thiazole rings is 1. The maximum atomic E-state index is 13.2. The van der Waals surface area contributed by atoms with Crippen LogP contribution in [0.3, 0.4) is 0 Å². The van der Waals surface area contributed by atoms with Gasteiger partial charge in [0, 0.05) is 23.0 Å². The summed E-state index contributed by atoms with van der Waals surface area (Å²) in [6.07, 6.45) is -0.993. The Bertz CT molecular complexity index is 1500. The number of hydrogen-bond donors (Lipinski definition) is 3. The number of nitrogens with one attached hydrogen (secondary N) is 1. The van der Waals surface area contributed by atoms with Crippen LogP contribution in [0.2, 0.25) is 0 Å². The van der Waals surface area contributed by atoms with Gasteiger partial charge in [-0.2, -0.15) is 13.2 Å². The monoisotopic (exact) mass is 574 g/mol. The summed E-state index contributed by atoms with van der Waals surface area (Å²) >= 11 is 2.84. The highest BCUT2D eigenvalue weighted by atomic mass is 32.1. The van der Waals surface area contributed by atoms with E-state index in [0.717, 1.165) is 33.1 Å². The molecule has 1 aromatic carbocycles. The fourth-order valence-electron chi connectivity index (χ4n) is 5.14. The van der Waals surface area contributed by atoms with Crippen LogP contribution in [-0.4, -0.2) is 31.1 Å². The lowest BCUT2D eigenvalue weighted by molar-refractivity contribution is -0.154. The number of anilines is 2. The highest BCUT2D eigenvalue weighted by molar-refractivity contribution is 7.15. The maximum Gasteiger partial charge on any atom is 0.433 e. The van der Waals surface area contributed by atoms with Crippen molar-refractivity contribution in [1.29, 1.82) is 0 Å². The molecule has 0 amide bonds. The Balaban J connectivity index is 1.49. The fourth-order valence-corrected chi connectivity index (χ4v) is 6.87. The second-order valence-corrected chi connectivity index (χ2v) is 12.3. The molecular formula is C27H25F3N4O3S2. The Morgan fingerprint density at radius 1 is 1.13 bits per heavy atom.